The topological polar surface area (TPSA) is 87.0 Å². The summed E-state index contributed by atoms with van der Waals surface area (Å²) in [4.78, 5) is 25.8. The summed E-state index contributed by atoms with van der Waals surface area (Å²) in [5.41, 5.74) is -0.335. The normalized spacial score (nSPS) is 11.5. The molecule has 10 heteroatoms. The molecule has 0 radical (unpaired) electrons. The molecule has 3 aromatic carbocycles. The van der Waals surface area contributed by atoms with Crippen LogP contribution in [0, 0.1) is 0 Å². The number of benzene rings is 3. The van der Waals surface area contributed by atoms with Gasteiger partial charge in [0.05, 0.1) is 25.2 Å². The van der Waals surface area contributed by atoms with Crippen LogP contribution in [0.2, 0.25) is 0 Å². The first-order chi connectivity index (χ1) is 18.5. The molecule has 0 atom stereocenters. The van der Waals surface area contributed by atoms with Gasteiger partial charge in [0.2, 0.25) is 11.2 Å². The molecule has 0 aliphatic heterocycles. The van der Waals surface area contributed by atoms with Gasteiger partial charge in [-0.15, -0.1) is 0 Å². The fourth-order valence-corrected chi connectivity index (χ4v) is 4.17. The molecule has 0 saturated heterocycles. The first kappa shape index (κ1) is 27.6. The molecule has 7 nitrogen and oxygen atoms in total. The molecule has 39 heavy (non-hydrogen) atoms. The number of fused-ring (bicyclic) bond motifs is 1. The standard InChI is InChI=1S/C29H26F3NO6/c1-16(2)19-7-5-6-8-21(19)33-25(34)15-38-18-10-11-20-23(14-18)39-28(29(30,31)32)26(27(20)35)17-9-12-22(36-3)24(13-17)37-4/h5-14,16H,15H2,1-4H3,(H,33,34). The molecule has 0 fully saturated rings. The molecular weight excluding hydrogens is 515 g/mol. The molecule has 0 aliphatic carbocycles. The summed E-state index contributed by atoms with van der Waals surface area (Å²) >= 11 is 0. The van der Waals surface area contributed by atoms with Gasteiger partial charge in [0.15, 0.2) is 18.1 Å². The van der Waals surface area contributed by atoms with Crippen LogP contribution in [0.15, 0.2) is 69.9 Å². The number of rotatable bonds is 8. The average Bonchev–Trinajstić information content (AvgIpc) is 2.91. The lowest BCUT2D eigenvalue weighted by molar-refractivity contribution is -0.152. The third-order valence-electron chi connectivity index (χ3n) is 6.02. The molecule has 1 N–H and O–H groups in total. The lowest BCUT2D eigenvalue weighted by atomic mass is 10.0. The first-order valence-corrected chi connectivity index (χ1v) is 12.0. The molecule has 0 spiro atoms. The highest BCUT2D eigenvalue weighted by Crippen LogP contribution is 2.40. The first-order valence-electron chi connectivity index (χ1n) is 12.0. The van der Waals surface area contributed by atoms with Gasteiger partial charge < -0.3 is 23.9 Å². The third-order valence-corrected chi connectivity index (χ3v) is 6.02. The van der Waals surface area contributed by atoms with Crippen molar-refractivity contribution in [3.05, 3.63) is 82.2 Å². The van der Waals surface area contributed by atoms with Gasteiger partial charge in [0.1, 0.15) is 11.3 Å². The third kappa shape index (κ3) is 5.84. The number of amides is 1. The van der Waals surface area contributed by atoms with Crippen LogP contribution in [0.5, 0.6) is 17.2 Å². The maximum absolute atomic E-state index is 14.0. The minimum atomic E-state index is -4.98. The van der Waals surface area contributed by atoms with E-state index in [0.29, 0.717) is 11.4 Å². The van der Waals surface area contributed by atoms with E-state index in [4.69, 9.17) is 18.6 Å². The summed E-state index contributed by atoms with van der Waals surface area (Å²) in [6.07, 6.45) is -4.98. The molecule has 0 saturated carbocycles. The van der Waals surface area contributed by atoms with Gasteiger partial charge in [-0.3, -0.25) is 9.59 Å². The van der Waals surface area contributed by atoms with Gasteiger partial charge >= 0.3 is 6.18 Å². The van der Waals surface area contributed by atoms with Crippen LogP contribution in [-0.4, -0.2) is 26.7 Å². The molecule has 1 aromatic heterocycles. The fourth-order valence-electron chi connectivity index (χ4n) is 4.17. The quantitative estimate of drug-likeness (QED) is 0.269. The summed E-state index contributed by atoms with van der Waals surface area (Å²) in [7, 11) is 2.72. The largest absolute Gasteiger partial charge is 0.493 e. The van der Waals surface area contributed by atoms with E-state index < -0.39 is 35.4 Å². The molecule has 204 valence electrons. The van der Waals surface area contributed by atoms with Crippen LogP contribution < -0.4 is 25.0 Å². The Bertz CT molecular complexity index is 1580. The molecule has 1 amide bonds. The SMILES string of the molecule is COc1ccc(-c2c(C(F)(F)F)oc3cc(OCC(=O)Nc4ccccc4C(C)C)ccc3c2=O)cc1OC. The maximum Gasteiger partial charge on any atom is 0.450 e. The number of alkyl halides is 3. The van der Waals surface area contributed by atoms with E-state index >= 15 is 0 Å². The van der Waals surface area contributed by atoms with E-state index in [1.807, 2.05) is 26.0 Å². The Hall–Kier alpha value is -4.47. The number of hydrogen-bond acceptors (Lipinski definition) is 6. The van der Waals surface area contributed by atoms with E-state index in [0.717, 1.165) is 11.6 Å². The number of para-hydroxylation sites is 1. The maximum atomic E-state index is 14.0. The Morgan fingerprint density at radius 2 is 1.69 bits per heavy atom. The minimum absolute atomic E-state index is 0.0469. The summed E-state index contributed by atoms with van der Waals surface area (Å²) in [5, 5.41) is 2.69. The van der Waals surface area contributed by atoms with Crippen molar-refractivity contribution in [2.24, 2.45) is 0 Å². The van der Waals surface area contributed by atoms with E-state index in [1.165, 1.54) is 44.6 Å². The van der Waals surface area contributed by atoms with Crippen LogP contribution in [0.1, 0.15) is 31.1 Å². The number of carbonyl (C=O) groups is 1. The molecule has 0 bridgehead atoms. The predicted octanol–water partition coefficient (Wildman–Crippen LogP) is 6.64. The van der Waals surface area contributed by atoms with Crippen molar-refractivity contribution in [2.75, 3.05) is 26.1 Å². The lowest BCUT2D eigenvalue weighted by Gasteiger charge is -2.15. The van der Waals surface area contributed by atoms with E-state index in [-0.39, 0.29) is 33.9 Å². The van der Waals surface area contributed by atoms with Crippen LogP contribution in [0.4, 0.5) is 18.9 Å². The molecule has 1 heterocycles. The number of nitrogens with one attached hydrogen (secondary N) is 1. The Kier molecular flexibility index (Phi) is 7.85. The fraction of sp³-hybridized carbons (Fsp3) is 0.241. The Balaban J connectivity index is 1.66. The van der Waals surface area contributed by atoms with Crippen molar-refractivity contribution in [3.8, 4) is 28.4 Å². The average molecular weight is 542 g/mol. The highest BCUT2D eigenvalue weighted by molar-refractivity contribution is 5.93. The number of halogens is 3. The van der Waals surface area contributed by atoms with E-state index in [9.17, 15) is 22.8 Å². The summed E-state index contributed by atoms with van der Waals surface area (Å²) in [6, 6.07) is 15.2. The lowest BCUT2D eigenvalue weighted by Crippen LogP contribution is -2.21. The Morgan fingerprint density at radius 3 is 2.36 bits per heavy atom. The highest BCUT2D eigenvalue weighted by atomic mass is 19.4. The van der Waals surface area contributed by atoms with Gasteiger partial charge in [0, 0.05) is 11.8 Å². The summed E-state index contributed by atoms with van der Waals surface area (Å²) in [6.45, 7) is 3.59. The van der Waals surface area contributed by atoms with Crippen LogP contribution >= 0.6 is 0 Å². The van der Waals surface area contributed by atoms with Crippen LogP contribution in [-0.2, 0) is 11.0 Å². The second-order valence-corrected chi connectivity index (χ2v) is 8.94. The molecular formula is C29H26F3NO6. The highest BCUT2D eigenvalue weighted by Gasteiger charge is 2.39. The number of hydrogen-bond donors (Lipinski definition) is 1. The Morgan fingerprint density at radius 1 is 0.974 bits per heavy atom. The summed E-state index contributed by atoms with van der Waals surface area (Å²) < 4.78 is 63.2. The monoisotopic (exact) mass is 541 g/mol. The van der Waals surface area contributed by atoms with Crippen LogP contribution in [0.3, 0.4) is 0 Å². The van der Waals surface area contributed by atoms with Gasteiger partial charge in [0.25, 0.3) is 5.91 Å². The second-order valence-electron chi connectivity index (χ2n) is 8.94. The number of carbonyl (C=O) groups excluding carboxylic acids is 1. The number of methoxy groups -OCH3 is 2. The zero-order valence-corrected chi connectivity index (χ0v) is 21.6. The number of anilines is 1. The van der Waals surface area contributed by atoms with Crippen molar-refractivity contribution < 1.29 is 36.6 Å². The van der Waals surface area contributed by atoms with Gasteiger partial charge in [-0.05, 0) is 47.4 Å². The predicted molar refractivity (Wildman–Crippen MR) is 141 cm³/mol. The molecule has 0 aliphatic rings. The van der Waals surface area contributed by atoms with Crippen molar-refractivity contribution in [1.82, 2.24) is 0 Å². The zero-order chi connectivity index (χ0) is 28.3. The zero-order valence-electron chi connectivity index (χ0n) is 21.6. The second kappa shape index (κ2) is 11.1. The minimum Gasteiger partial charge on any atom is -0.493 e. The van der Waals surface area contributed by atoms with Crippen molar-refractivity contribution >= 4 is 22.6 Å². The van der Waals surface area contributed by atoms with Gasteiger partial charge in [-0.2, -0.15) is 13.2 Å². The van der Waals surface area contributed by atoms with Crippen LogP contribution in [0.25, 0.3) is 22.1 Å². The van der Waals surface area contributed by atoms with Crippen molar-refractivity contribution in [2.45, 2.75) is 25.9 Å². The Labute approximate surface area is 222 Å². The number of ether oxygens (including phenoxy) is 3. The molecule has 4 rings (SSSR count). The van der Waals surface area contributed by atoms with Gasteiger partial charge in [-0.1, -0.05) is 38.1 Å². The van der Waals surface area contributed by atoms with E-state index in [1.54, 1.807) is 12.1 Å². The molecule has 4 aromatic rings. The van der Waals surface area contributed by atoms with E-state index in [2.05, 4.69) is 5.32 Å². The van der Waals surface area contributed by atoms with Crippen molar-refractivity contribution in [3.63, 3.8) is 0 Å². The van der Waals surface area contributed by atoms with Gasteiger partial charge in [-0.25, -0.2) is 0 Å². The van der Waals surface area contributed by atoms with Crippen molar-refractivity contribution in [1.29, 1.82) is 0 Å². The molecule has 0 unspecified atom stereocenters. The summed E-state index contributed by atoms with van der Waals surface area (Å²) in [5.74, 6) is -1.24. The smallest absolute Gasteiger partial charge is 0.450 e.